The van der Waals surface area contributed by atoms with Crippen molar-refractivity contribution in [2.75, 3.05) is 12.5 Å². The molecule has 1 N–H and O–H groups in total. The lowest BCUT2D eigenvalue weighted by molar-refractivity contribution is 0.284. The summed E-state index contributed by atoms with van der Waals surface area (Å²) in [6, 6.07) is 17.1. The van der Waals surface area contributed by atoms with E-state index in [-0.39, 0.29) is 6.61 Å². The van der Waals surface area contributed by atoms with Crippen LogP contribution in [-0.4, -0.2) is 13.3 Å². The summed E-state index contributed by atoms with van der Waals surface area (Å²) >= 11 is 12.5. The first-order valence-corrected chi connectivity index (χ1v) is 9.84. The molecule has 0 saturated carbocycles. The van der Waals surface area contributed by atoms with Gasteiger partial charge in [0.15, 0.2) is 11.5 Å². The highest BCUT2D eigenvalue weighted by Gasteiger charge is 2.12. The normalized spacial score (nSPS) is 10.9. The Morgan fingerprint density at radius 1 is 0.966 bits per heavy atom. The topological polar surface area (TPSA) is 42.8 Å². The first-order chi connectivity index (χ1) is 14.0. The molecule has 150 valence electrons. The van der Waals surface area contributed by atoms with Gasteiger partial charge in [-0.3, -0.25) is 5.43 Å². The molecule has 0 fully saturated rings. The number of ether oxygens (including phenoxy) is 2. The van der Waals surface area contributed by atoms with Gasteiger partial charge in [-0.25, -0.2) is 0 Å². The molecule has 0 atom stereocenters. The second kappa shape index (κ2) is 9.68. The van der Waals surface area contributed by atoms with Gasteiger partial charge < -0.3 is 9.47 Å². The third-order valence-electron chi connectivity index (χ3n) is 4.56. The van der Waals surface area contributed by atoms with Gasteiger partial charge in [-0.15, -0.1) is 0 Å². The number of aryl methyl sites for hydroxylation is 2. The zero-order valence-electron chi connectivity index (χ0n) is 16.5. The lowest BCUT2D eigenvalue weighted by Gasteiger charge is -2.14. The van der Waals surface area contributed by atoms with E-state index in [0.717, 1.165) is 16.8 Å². The minimum atomic E-state index is 0.213. The monoisotopic (exact) mass is 428 g/mol. The number of anilines is 1. The number of hydrogen-bond acceptors (Lipinski definition) is 4. The molecule has 0 aliphatic carbocycles. The van der Waals surface area contributed by atoms with Crippen LogP contribution in [-0.2, 0) is 6.61 Å². The molecule has 0 radical (unpaired) electrons. The van der Waals surface area contributed by atoms with Gasteiger partial charge >= 0.3 is 0 Å². The van der Waals surface area contributed by atoms with E-state index in [1.54, 1.807) is 31.5 Å². The SMILES string of the molecule is COc1cccc(C=NNc2ccc(C)c(C)c2)c1OCc1c(Cl)cccc1Cl. The van der Waals surface area contributed by atoms with Crippen molar-refractivity contribution < 1.29 is 9.47 Å². The lowest BCUT2D eigenvalue weighted by Crippen LogP contribution is -2.02. The van der Waals surface area contributed by atoms with Crippen molar-refractivity contribution in [1.82, 2.24) is 0 Å². The highest BCUT2D eigenvalue weighted by Crippen LogP contribution is 2.33. The number of benzene rings is 3. The Labute approximate surface area is 181 Å². The molecular formula is C23H22Cl2N2O2. The quantitative estimate of drug-likeness (QED) is 0.338. The second-order valence-corrected chi connectivity index (χ2v) is 7.35. The van der Waals surface area contributed by atoms with Crippen LogP contribution in [0.2, 0.25) is 10.0 Å². The van der Waals surface area contributed by atoms with E-state index < -0.39 is 0 Å². The van der Waals surface area contributed by atoms with Crippen LogP contribution < -0.4 is 14.9 Å². The Morgan fingerprint density at radius 2 is 1.69 bits per heavy atom. The Bertz CT molecular complexity index is 1020. The number of rotatable bonds is 7. The molecule has 0 unspecified atom stereocenters. The molecule has 0 heterocycles. The molecule has 3 aromatic rings. The van der Waals surface area contributed by atoms with E-state index in [0.29, 0.717) is 21.5 Å². The molecule has 0 aliphatic rings. The first-order valence-electron chi connectivity index (χ1n) is 9.08. The maximum Gasteiger partial charge on any atom is 0.170 e. The number of halogens is 2. The molecule has 0 aromatic heterocycles. The van der Waals surface area contributed by atoms with Gasteiger partial charge in [0.2, 0.25) is 0 Å². The van der Waals surface area contributed by atoms with Crippen LogP contribution in [0.15, 0.2) is 59.7 Å². The average molecular weight is 429 g/mol. The summed E-state index contributed by atoms with van der Waals surface area (Å²) in [6.45, 7) is 4.36. The fourth-order valence-corrected chi connectivity index (χ4v) is 3.26. The van der Waals surface area contributed by atoms with E-state index in [1.807, 2.05) is 24.3 Å². The molecule has 3 rings (SSSR count). The van der Waals surface area contributed by atoms with E-state index >= 15 is 0 Å². The van der Waals surface area contributed by atoms with Crippen LogP contribution in [0.25, 0.3) is 0 Å². The zero-order chi connectivity index (χ0) is 20.8. The summed E-state index contributed by atoms with van der Waals surface area (Å²) in [5, 5.41) is 5.46. The van der Waals surface area contributed by atoms with E-state index in [9.17, 15) is 0 Å². The Morgan fingerprint density at radius 3 is 2.38 bits per heavy atom. The first kappa shape index (κ1) is 21.0. The van der Waals surface area contributed by atoms with Crippen molar-refractivity contribution in [1.29, 1.82) is 0 Å². The predicted molar refractivity (Wildman–Crippen MR) is 121 cm³/mol. The summed E-state index contributed by atoms with van der Waals surface area (Å²) in [7, 11) is 1.60. The Hall–Kier alpha value is -2.69. The maximum atomic E-state index is 6.25. The molecule has 0 saturated heterocycles. The van der Waals surface area contributed by atoms with Crippen LogP contribution in [0.3, 0.4) is 0 Å². The summed E-state index contributed by atoms with van der Waals surface area (Å²) < 4.78 is 11.5. The van der Waals surface area contributed by atoms with Crippen molar-refractivity contribution in [2.24, 2.45) is 5.10 Å². The molecule has 3 aromatic carbocycles. The average Bonchev–Trinajstić information content (AvgIpc) is 2.71. The summed E-state index contributed by atoms with van der Waals surface area (Å²) in [5.74, 6) is 1.17. The molecule has 4 nitrogen and oxygen atoms in total. The van der Waals surface area contributed by atoms with Gasteiger partial charge in [0.25, 0.3) is 0 Å². The molecule has 0 aliphatic heterocycles. The fraction of sp³-hybridized carbons (Fsp3) is 0.174. The number of methoxy groups -OCH3 is 1. The standard InChI is InChI=1S/C23H22Cl2N2O2/c1-15-10-11-18(12-16(15)2)27-26-13-17-6-4-9-22(28-3)23(17)29-14-19-20(24)7-5-8-21(19)25/h4-13,27H,14H2,1-3H3. The van der Waals surface area contributed by atoms with E-state index in [2.05, 4.69) is 36.5 Å². The van der Waals surface area contributed by atoms with Crippen LogP contribution >= 0.6 is 23.2 Å². The fourth-order valence-electron chi connectivity index (χ4n) is 2.75. The molecule has 0 amide bonds. The number of hydrogen-bond donors (Lipinski definition) is 1. The minimum absolute atomic E-state index is 0.213. The Kier molecular flexibility index (Phi) is 7.02. The highest BCUT2D eigenvalue weighted by molar-refractivity contribution is 6.35. The number of nitrogens with zero attached hydrogens (tertiary/aromatic N) is 1. The molecule has 0 bridgehead atoms. The largest absolute Gasteiger partial charge is 0.493 e. The lowest BCUT2D eigenvalue weighted by atomic mass is 10.1. The number of para-hydroxylation sites is 1. The highest BCUT2D eigenvalue weighted by atomic mass is 35.5. The molecule has 6 heteroatoms. The molecule has 0 spiro atoms. The van der Waals surface area contributed by atoms with Gasteiger partial charge in [-0.1, -0.05) is 41.4 Å². The molecule has 29 heavy (non-hydrogen) atoms. The third-order valence-corrected chi connectivity index (χ3v) is 5.26. The van der Waals surface area contributed by atoms with Crippen LogP contribution in [0, 0.1) is 13.8 Å². The van der Waals surface area contributed by atoms with Crippen LogP contribution in [0.5, 0.6) is 11.5 Å². The van der Waals surface area contributed by atoms with Gasteiger partial charge in [0, 0.05) is 21.2 Å². The van der Waals surface area contributed by atoms with E-state index in [4.69, 9.17) is 32.7 Å². The van der Waals surface area contributed by atoms with Crippen molar-refractivity contribution >= 4 is 35.1 Å². The van der Waals surface area contributed by atoms with Crippen LogP contribution in [0.1, 0.15) is 22.3 Å². The molecular weight excluding hydrogens is 407 g/mol. The Balaban J connectivity index is 1.81. The minimum Gasteiger partial charge on any atom is -0.493 e. The van der Waals surface area contributed by atoms with Gasteiger partial charge in [-0.05, 0) is 61.4 Å². The van der Waals surface area contributed by atoms with Gasteiger partial charge in [0.1, 0.15) is 6.61 Å². The third kappa shape index (κ3) is 5.22. The number of hydrazone groups is 1. The van der Waals surface area contributed by atoms with Crippen LogP contribution in [0.4, 0.5) is 5.69 Å². The van der Waals surface area contributed by atoms with Gasteiger partial charge in [-0.2, -0.15) is 5.10 Å². The van der Waals surface area contributed by atoms with E-state index in [1.165, 1.54) is 11.1 Å². The summed E-state index contributed by atoms with van der Waals surface area (Å²) in [5.41, 5.74) is 7.89. The van der Waals surface area contributed by atoms with Crippen molar-refractivity contribution in [2.45, 2.75) is 20.5 Å². The maximum absolute atomic E-state index is 6.25. The van der Waals surface area contributed by atoms with Crippen molar-refractivity contribution in [3.63, 3.8) is 0 Å². The summed E-state index contributed by atoms with van der Waals surface area (Å²) in [6.07, 6.45) is 1.70. The zero-order valence-corrected chi connectivity index (χ0v) is 18.0. The van der Waals surface area contributed by atoms with Gasteiger partial charge in [0.05, 0.1) is 19.0 Å². The number of nitrogens with one attached hydrogen (secondary N) is 1. The summed E-state index contributed by atoms with van der Waals surface area (Å²) in [4.78, 5) is 0. The predicted octanol–water partition coefficient (Wildman–Crippen LogP) is 6.64. The smallest absolute Gasteiger partial charge is 0.170 e. The van der Waals surface area contributed by atoms with Crippen molar-refractivity contribution in [3.05, 3.63) is 86.9 Å². The van der Waals surface area contributed by atoms with Crippen molar-refractivity contribution in [3.8, 4) is 11.5 Å². The second-order valence-electron chi connectivity index (χ2n) is 6.54.